The van der Waals surface area contributed by atoms with Gasteiger partial charge in [-0.1, -0.05) is 41.9 Å². The van der Waals surface area contributed by atoms with Crippen LogP contribution in [0.4, 0.5) is 5.69 Å². The van der Waals surface area contributed by atoms with Gasteiger partial charge in [-0.05, 0) is 78.4 Å². The molecule has 0 aliphatic rings. The van der Waals surface area contributed by atoms with Gasteiger partial charge in [0.1, 0.15) is 6.04 Å². The lowest BCUT2D eigenvalue weighted by atomic mass is 9.99. The number of anilines is 1. The van der Waals surface area contributed by atoms with Crippen LogP contribution in [0.1, 0.15) is 22.3 Å². The molecule has 0 radical (unpaired) electrons. The molecule has 0 aliphatic carbocycles. The molecule has 0 aliphatic heterocycles. The van der Waals surface area contributed by atoms with Crippen LogP contribution in [0.2, 0.25) is 5.02 Å². The number of rotatable bonds is 9. The monoisotopic (exact) mass is 502 g/mol. The predicted octanol–water partition coefficient (Wildman–Crippen LogP) is 4.27. The Morgan fingerprint density at radius 1 is 0.971 bits per heavy atom. The van der Waals surface area contributed by atoms with E-state index in [0.29, 0.717) is 28.4 Å². The van der Waals surface area contributed by atoms with Crippen molar-refractivity contribution in [3.63, 3.8) is 0 Å². The number of hydrogen-bond acceptors (Lipinski definition) is 5. The molecule has 0 spiro atoms. The van der Waals surface area contributed by atoms with Crippen LogP contribution >= 0.6 is 11.6 Å². The minimum Gasteiger partial charge on any atom is -0.480 e. The molecule has 0 unspecified atom stereocenters. The average Bonchev–Trinajstić information content (AvgIpc) is 2.77. The third-order valence-corrected chi connectivity index (χ3v) is 7.49. The molecule has 0 amide bonds. The lowest BCUT2D eigenvalue weighted by molar-refractivity contribution is -0.140. The molecule has 0 saturated heterocycles. The molecule has 0 aromatic heterocycles. The zero-order valence-electron chi connectivity index (χ0n) is 19.1. The molecule has 0 bridgehead atoms. The van der Waals surface area contributed by atoms with Crippen molar-refractivity contribution in [1.82, 2.24) is 5.32 Å². The summed E-state index contributed by atoms with van der Waals surface area (Å²) in [6, 6.07) is 15.0. The molecule has 0 fully saturated rings. The van der Waals surface area contributed by atoms with Crippen molar-refractivity contribution >= 4 is 33.3 Å². The van der Waals surface area contributed by atoms with Gasteiger partial charge in [0.15, 0.2) is 0 Å². The smallest absolute Gasteiger partial charge is 0.323 e. The van der Waals surface area contributed by atoms with Crippen molar-refractivity contribution in [2.75, 3.05) is 11.3 Å². The average molecular weight is 503 g/mol. The van der Waals surface area contributed by atoms with E-state index in [1.165, 1.54) is 0 Å². The first kappa shape index (κ1) is 25.7. The first-order chi connectivity index (χ1) is 16.0. The Morgan fingerprint density at radius 2 is 1.68 bits per heavy atom. The van der Waals surface area contributed by atoms with Gasteiger partial charge in [-0.25, -0.2) is 8.42 Å². The van der Waals surface area contributed by atoms with Gasteiger partial charge in [-0.15, -0.1) is 0 Å². The summed E-state index contributed by atoms with van der Waals surface area (Å²) in [5.41, 5.74) is 5.22. The van der Waals surface area contributed by atoms with Crippen LogP contribution in [0.3, 0.4) is 0 Å². The highest BCUT2D eigenvalue weighted by Gasteiger charge is 2.19. The van der Waals surface area contributed by atoms with E-state index in [-0.39, 0.29) is 4.90 Å². The summed E-state index contributed by atoms with van der Waals surface area (Å²) in [6.45, 7) is 5.17. The van der Waals surface area contributed by atoms with Gasteiger partial charge in [-0.2, -0.15) is 0 Å². The SMILES string of the molecule is Cc1cc(S(=O)(=O)Nc2cccc(-c3ccc(CN[C@H](CO)C(=O)O)c(C)c3)c2)c(C)cc1Cl. The van der Waals surface area contributed by atoms with E-state index in [1.54, 1.807) is 44.2 Å². The van der Waals surface area contributed by atoms with Gasteiger partial charge in [0, 0.05) is 17.3 Å². The van der Waals surface area contributed by atoms with Crippen molar-refractivity contribution in [2.45, 2.75) is 38.3 Å². The second-order valence-electron chi connectivity index (χ2n) is 8.15. The first-order valence-electron chi connectivity index (χ1n) is 10.6. The number of nitrogens with one attached hydrogen (secondary N) is 2. The molecule has 0 saturated carbocycles. The second-order valence-corrected chi connectivity index (χ2v) is 10.2. The number of benzene rings is 3. The standard InChI is InChI=1S/C25H27ClN2O5S/c1-15-9-19(7-8-20(15)13-27-23(14-29)25(30)31)18-5-4-6-21(12-18)28-34(32,33)24-11-16(2)22(26)10-17(24)3/h4-12,23,27-29H,13-14H2,1-3H3,(H,30,31)/t23-/m1/s1. The van der Waals surface area contributed by atoms with Crippen LogP contribution in [-0.4, -0.2) is 37.2 Å². The number of sulfonamides is 1. The van der Waals surface area contributed by atoms with Gasteiger partial charge in [0.25, 0.3) is 10.0 Å². The highest BCUT2D eigenvalue weighted by atomic mass is 35.5. The van der Waals surface area contributed by atoms with E-state index in [4.69, 9.17) is 21.8 Å². The molecule has 1 atom stereocenters. The van der Waals surface area contributed by atoms with Gasteiger partial charge in [-0.3, -0.25) is 14.8 Å². The fourth-order valence-electron chi connectivity index (χ4n) is 3.55. The number of aliphatic hydroxyl groups is 1. The predicted molar refractivity (Wildman–Crippen MR) is 134 cm³/mol. The largest absolute Gasteiger partial charge is 0.480 e. The van der Waals surface area contributed by atoms with E-state index >= 15 is 0 Å². The second kappa shape index (κ2) is 10.6. The molecule has 0 heterocycles. The van der Waals surface area contributed by atoms with Crippen LogP contribution in [0.25, 0.3) is 11.1 Å². The zero-order valence-corrected chi connectivity index (χ0v) is 20.7. The molecule has 3 aromatic rings. The Morgan fingerprint density at radius 3 is 2.32 bits per heavy atom. The van der Waals surface area contributed by atoms with Crippen molar-refractivity contribution in [3.05, 3.63) is 81.9 Å². The molecule has 7 nitrogen and oxygen atoms in total. The molecular weight excluding hydrogens is 476 g/mol. The summed E-state index contributed by atoms with van der Waals surface area (Å²) < 4.78 is 28.7. The maximum atomic E-state index is 13.0. The maximum absolute atomic E-state index is 13.0. The van der Waals surface area contributed by atoms with Crippen LogP contribution in [0, 0.1) is 20.8 Å². The minimum absolute atomic E-state index is 0.176. The molecule has 3 aromatic carbocycles. The van der Waals surface area contributed by atoms with E-state index in [0.717, 1.165) is 22.3 Å². The Hall–Kier alpha value is -2.91. The van der Waals surface area contributed by atoms with Crippen LogP contribution in [0.5, 0.6) is 0 Å². The third-order valence-electron chi connectivity index (χ3n) is 5.56. The molecule has 34 heavy (non-hydrogen) atoms. The number of aliphatic hydroxyl groups excluding tert-OH is 1. The van der Waals surface area contributed by atoms with Gasteiger partial charge in [0.2, 0.25) is 0 Å². The number of aliphatic carboxylic acids is 1. The Labute approximate surface area is 204 Å². The van der Waals surface area contributed by atoms with Gasteiger partial charge >= 0.3 is 5.97 Å². The van der Waals surface area contributed by atoms with Crippen LogP contribution < -0.4 is 10.0 Å². The summed E-state index contributed by atoms with van der Waals surface area (Å²) in [6.07, 6.45) is 0. The normalized spacial score (nSPS) is 12.4. The fourth-order valence-corrected chi connectivity index (χ4v) is 5.13. The molecule has 180 valence electrons. The Balaban J connectivity index is 1.82. The van der Waals surface area contributed by atoms with Crippen molar-refractivity contribution in [2.24, 2.45) is 0 Å². The summed E-state index contributed by atoms with van der Waals surface area (Å²) in [5.74, 6) is -1.11. The number of halogens is 1. The summed E-state index contributed by atoms with van der Waals surface area (Å²) in [5, 5.41) is 21.5. The van der Waals surface area contributed by atoms with Crippen molar-refractivity contribution in [1.29, 1.82) is 0 Å². The highest BCUT2D eigenvalue weighted by Crippen LogP contribution is 2.28. The van der Waals surface area contributed by atoms with E-state index < -0.39 is 28.6 Å². The number of carboxylic acids is 1. The van der Waals surface area contributed by atoms with Crippen LogP contribution in [-0.2, 0) is 21.4 Å². The van der Waals surface area contributed by atoms with E-state index in [1.807, 2.05) is 31.2 Å². The Kier molecular flexibility index (Phi) is 7.99. The lowest BCUT2D eigenvalue weighted by Crippen LogP contribution is -2.39. The zero-order chi connectivity index (χ0) is 25.0. The minimum atomic E-state index is -3.81. The summed E-state index contributed by atoms with van der Waals surface area (Å²) in [7, 11) is -3.81. The highest BCUT2D eigenvalue weighted by molar-refractivity contribution is 7.92. The Bertz CT molecular complexity index is 1320. The van der Waals surface area contributed by atoms with Crippen molar-refractivity contribution in [3.8, 4) is 11.1 Å². The van der Waals surface area contributed by atoms with Crippen LogP contribution in [0.15, 0.2) is 59.5 Å². The fraction of sp³-hybridized carbons (Fsp3) is 0.240. The van der Waals surface area contributed by atoms with Gasteiger partial charge < -0.3 is 10.2 Å². The molecule has 3 rings (SSSR count). The summed E-state index contributed by atoms with van der Waals surface area (Å²) in [4.78, 5) is 11.2. The molecular formula is C25H27ClN2O5S. The first-order valence-corrected chi connectivity index (χ1v) is 12.4. The quantitative estimate of drug-likeness (QED) is 0.347. The lowest BCUT2D eigenvalue weighted by Gasteiger charge is -2.15. The topological polar surface area (TPSA) is 116 Å². The molecule has 4 N–H and O–H groups in total. The number of aryl methyl sites for hydroxylation is 3. The maximum Gasteiger partial charge on any atom is 0.323 e. The number of carboxylic acid groups (broad SMARTS) is 1. The van der Waals surface area contributed by atoms with E-state index in [9.17, 15) is 13.2 Å². The van der Waals surface area contributed by atoms with Gasteiger partial charge in [0.05, 0.1) is 11.5 Å². The van der Waals surface area contributed by atoms with Crippen molar-refractivity contribution < 1.29 is 23.4 Å². The number of carbonyl (C=O) groups is 1. The van der Waals surface area contributed by atoms with E-state index in [2.05, 4.69) is 10.0 Å². The number of hydrogen-bond donors (Lipinski definition) is 4. The summed E-state index contributed by atoms with van der Waals surface area (Å²) >= 11 is 6.11. The third kappa shape index (κ3) is 5.95. The molecule has 9 heteroatoms.